The van der Waals surface area contributed by atoms with Crippen molar-refractivity contribution in [1.29, 1.82) is 0 Å². The van der Waals surface area contributed by atoms with Crippen LogP contribution in [-0.4, -0.2) is 32.1 Å². The molecule has 0 bridgehead atoms. The molecule has 1 aromatic heterocycles. The van der Waals surface area contributed by atoms with E-state index < -0.39 is 10.0 Å². The van der Waals surface area contributed by atoms with Gasteiger partial charge in [0.2, 0.25) is 5.09 Å². The Kier molecular flexibility index (Phi) is 3.87. The summed E-state index contributed by atoms with van der Waals surface area (Å²) in [5.41, 5.74) is 0. The Labute approximate surface area is 107 Å². The fourth-order valence-corrected chi connectivity index (χ4v) is 3.47. The number of nitrogens with zero attached hydrogens (tertiary/aromatic N) is 1. The highest BCUT2D eigenvalue weighted by Gasteiger charge is 2.30. The molecule has 0 radical (unpaired) electrons. The van der Waals surface area contributed by atoms with E-state index in [-0.39, 0.29) is 10.9 Å². The average Bonchev–Trinajstić information content (AvgIpc) is 2.76. The maximum atomic E-state index is 12.3. The predicted molar refractivity (Wildman–Crippen MR) is 65.9 cm³/mol. The van der Waals surface area contributed by atoms with Crippen molar-refractivity contribution in [3.63, 3.8) is 0 Å². The van der Waals surface area contributed by atoms with Gasteiger partial charge in [0.25, 0.3) is 10.0 Å². The van der Waals surface area contributed by atoms with Gasteiger partial charge in [-0.2, -0.15) is 4.31 Å². The van der Waals surface area contributed by atoms with Gasteiger partial charge in [-0.1, -0.05) is 13.3 Å². The van der Waals surface area contributed by atoms with Crippen LogP contribution in [0.25, 0.3) is 0 Å². The van der Waals surface area contributed by atoms with Crippen LogP contribution in [0.4, 0.5) is 0 Å². The zero-order valence-electron chi connectivity index (χ0n) is 10.3. The van der Waals surface area contributed by atoms with Crippen molar-refractivity contribution in [3.05, 3.63) is 17.9 Å². The zero-order chi connectivity index (χ0) is 13.2. The molecule has 0 saturated heterocycles. The molecule has 2 rings (SSSR count). The third-order valence-electron chi connectivity index (χ3n) is 3.35. The fraction of sp³-hybridized carbons (Fsp3) is 0.583. The summed E-state index contributed by atoms with van der Waals surface area (Å²) in [6.45, 7) is 2.76. The third-order valence-corrected chi connectivity index (χ3v) is 5.17. The van der Waals surface area contributed by atoms with E-state index in [1.54, 1.807) is 6.92 Å². The molecule has 0 aliphatic heterocycles. The molecular formula is C12H17NO4S. The Morgan fingerprint density at radius 2 is 2.17 bits per heavy atom. The standard InChI is InChI=1S/C12H17NO4S/c1-2-13(8-10-4-3-5-10)18(15,16)12-7-6-11(9-14)17-12/h6-7,9-10H,2-5,8H2,1H3. The van der Waals surface area contributed by atoms with Crippen molar-refractivity contribution in [2.45, 2.75) is 31.3 Å². The van der Waals surface area contributed by atoms with Gasteiger partial charge >= 0.3 is 0 Å². The number of hydrogen-bond acceptors (Lipinski definition) is 4. The minimum absolute atomic E-state index is 0.0354. The molecule has 1 aliphatic carbocycles. The number of hydrogen-bond donors (Lipinski definition) is 0. The minimum atomic E-state index is -3.60. The summed E-state index contributed by atoms with van der Waals surface area (Å²) in [5, 5.41) is -0.147. The third kappa shape index (κ3) is 2.49. The average molecular weight is 271 g/mol. The van der Waals surface area contributed by atoms with Gasteiger partial charge in [0.15, 0.2) is 12.0 Å². The van der Waals surface area contributed by atoms with Gasteiger partial charge in [-0.05, 0) is 30.9 Å². The second-order valence-electron chi connectivity index (χ2n) is 4.53. The summed E-state index contributed by atoms with van der Waals surface area (Å²) in [5.74, 6) is 0.494. The van der Waals surface area contributed by atoms with E-state index in [9.17, 15) is 13.2 Å². The SMILES string of the molecule is CCN(CC1CCC1)S(=O)(=O)c1ccc(C=O)o1. The molecular weight excluding hydrogens is 254 g/mol. The quantitative estimate of drug-likeness (QED) is 0.741. The van der Waals surface area contributed by atoms with Crippen LogP contribution >= 0.6 is 0 Å². The lowest BCUT2D eigenvalue weighted by atomic mass is 9.85. The molecule has 1 heterocycles. The van der Waals surface area contributed by atoms with Crippen molar-refractivity contribution in [2.24, 2.45) is 5.92 Å². The van der Waals surface area contributed by atoms with Crippen molar-refractivity contribution < 1.29 is 17.6 Å². The van der Waals surface area contributed by atoms with Crippen LogP contribution in [0, 0.1) is 5.92 Å². The first-order valence-corrected chi connectivity index (χ1v) is 7.57. The minimum Gasteiger partial charge on any atom is -0.440 e. The van der Waals surface area contributed by atoms with E-state index in [4.69, 9.17) is 4.42 Å². The maximum absolute atomic E-state index is 12.3. The van der Waals surface area contributed by atoms with Crippen LogP contribution in [-0.2, 0) is 10.0 Å². The summed E-state index contributed by atoms with van der Waals surface area (Å²) < 4.78 is 31.0. The number of carbonyl (C=O) groups excluding carboxylic acids is 1. The van der Waals surface area contributed by atoms with Crippen LogP contribution in [0.15, 0.2) is 21.6 Å². The summed E-state index contributed by atoms with van der Waals surface area (Å²) in [4.78, 5) is 10.5. The molecule has 0 atom stereocenters. The van der Waals surface area contributed by atoms with E-state index in [0.29, 0.717) is 25.3 Å². The molecule has 0 amide bonds. The van der Waals surface area contributed by atoms with Gasteiger partial charge in [0.1, 0.15) is 0 Å². The van der Waals surface area contributed by atoms with Crippen LogP contribution in [0.3, 0.4) is 0 Å². The number of rotatable bonds is 6. The summed E-state index contributed by atoms with van der Waals surface area (Å²) in [7, 11) is -3.60. The second kappa shape index (κ2) is 5.24. The molecule has 5 nitrogen and oxygen atoms in total. The molecule has 1 aromatic rings. The molecule has 0 aromatic carbocycles. The van der Waals surface area contributed by atoms with Crippen molar-refractivity contribution >= 4 is 16.3 Å². The highest BCUT2D eigenvalue weighted by molar-refractivity contribution is 7.89. The Bertz CT molecular complexity index is 516. The lowest BCUT2D eigenvalue weighted by molar-refractivity contribution is 0.109. The number of sulfonamides is 1. The van der Waals surface area contributed by atoms with E-state index in [1.807, 2.05) is 0 Å². The second-order valence-corrected chi connectivity index (χ2v) is 6.40. The Hall–Kier alpha value is -1.14. The first kappa shape index (κ1) is 13.3. The predicted octanol–water partition coefficient (Wildman–Crippen LogP) is 1.90. The molecule has 100 valence electrons. The first-order chi connectivity index (χ1) is 8.57. The van der Waals surface area contributed by atoms with Gasteiger partial charge in [0.05, 0.1) is 0 Å². The van der Waals surface area contributed by atoms with E-state index >= 15 is 0 Å². The lowest BCUT2D eigenvalue weighted by Crippen LogP contribution is -2.37. The van der Waals surface area contributed by atoms with Crippen molar-refractivity contribution in [1.82, 2.24) is 4.31 Å². The molecule has 0 spiro atoms. The van der Waals surface area contributed by atoms with Crippen molar-refractivity contribution in [2.75, 3.05) is 13.1 Å². The van der Waals surface area contributed by atoms with Gasteiger partial charge < -0.3 is 4.42 Å². The smallest absolute Gasteiger partial charge is 0.276 e. The Balaban J connectivity index is 2.18. The maximum Gasteiger partial charge on any atom is 0.276 e. The number of carbonyl (C=O) groups is 1. The molecule has 18 heavy (non-hydrogen) atoms. The van der Waals surface area contributed by atoms with Gasteiger partial charge in [-0.3, -0.25) is 4.79 Å². The van der Waals surface area contributed by atoms with Gasteiger partial charge in [-0.25, -0.2) is 8.42 Å². The zero-order valence-corrected chi connectivity index (χ0v) is 11.1. The van der Waals surface area contributed by atoms with Crippen LogP contribution in [0.1, 0.15) is 36.7 Å². The van der Waals surface area contributed by atoms with Crippen LogP contribution in [0.2, 0.25) is 0 Å². The molecule has 1 fully saturated rings. The molecule has 0 unspecified atom stereocenters. The van der Waals surface area contributed by atoms with E-state index in [0.717, 1.165) is 12.8 Å². The summed E-state index contributed by atoms with van der Waals surface area (Å²) >= 11 is 0. The normalized spacial score (nSPS) is 16.8. The number of aldehydes is 1. The van der Waals surface area contributed by atoms with Crippen molar-refractivity contribution in [3.8, 4) is 0 Å². The Morgan fingerprint density at radius 1 is 1.44 bits per heavy atom. The van der Waals surface area contributed by atoms with Gasteiger partial charge in [0, 0.05) is 13.1 Å². The molecule has 6 heteroatoms. The van der Waals surface area contributed by atoms with Crippen LogP contribution < -0.4 is 0 Å². The fourth-order valence-electron chi connectivity index (χ4n) is 2.02. The lowest BCUT2D eigenvalue weighted by Gasteiger charge is -2.30. The largest absolute Gasteiger partial charge is 0.440 e. The highest BCUT2D eigenvalue weighted by atomic mass is 32.2. The van der Waals surface area contributed by atoms with Crippen LogP contribution in [0.5, 0.6) is 0 Å². The Morgan fingerprint density at radius 3 is 2.61 bits per heavy atom. The first-order valence-electron chi connectivity index (χ1n) is 6.13. The number of furan rings is 1. The molecule has 1 saturated carbocycles. The van der Waals surface area contributed by atoms with Gasteiger partial charge in [-0.15, -0.1) is 0 Å². The summed E-state index contributed by atoms with van der Waals surface area (Å²) in [6, 6.07) is 2.71. The monoisotopic (exact) mass is 271 g/mol. The van der Waals surface area contributed by atoms with E-state index in [2.05, 4.69) is 0 Å². The highest BCUT2D eigenvalue weighted by Crippen LogP contribution is 2.29. The molecule has 1 aliphatic rings. The molecule has 0 N–H and O–H groups in total. The van der Waals surface area contributed by atoms with E-state index in [1.165, 1.54) is 22.9 Å². The topological polar surface area (TPSA) is 67.6 Å². The summed E-state index contributed by atoms with van der Waals surface area (Å²) in [6.07, 6.45) is 3.85.